The minimum absolute atomic E-state index is 0.230. The number of carbonyl (C=O) groups excluding carboxylic acids is 1. The van der Waals surface area contributed by atoms with E-state index in [9.17, 15) is 10.1 Å². The molecule has 4 aromatic rings. The summed E-state index contributed by atoms with van der Waals surface area (Å²) in [5, 5.41) is 13.6. The zero-order valence-corrected chi connectivity index (χ0v) is 14.5. The van der Waals surface area contributed by atoms with Crippen molar-refractivity contribution in [3.63, 3.8) is 0 Å². The van der Waals surface area contributed by atoms with E-state index in [1.807, 2.05) is 60.7 Å². The molecule has 0 saturated carbocycles. The highest BCUT2D eigenvalue weighted by molar-refractivity contribution is 7.16. The molecule has 0 aliphatic rings. The second-order valence-electron chi connectivity index (χ2n) is 5.83. The van der Waals surface area contributed by atoms with Gasteiger partial charge in [0.2, 0.25) is 0 Å². The van der Waals surface area contributed by atoms with Crippen LogP contribution in [0, 0.1) is 11.3 Å². The fourth-order valence-corrected chi connectivity index (χ4v) is 3.80. The van der Waals surface area contributed by atoms with E-state index in [1.165, 1.54) is 11.3 Å². The molecule has 0 aliphatic heterocycles. The minimum atomic E-state index is -0.356. The molecule has 0 fully saturated rings. The van der Waals surface area contributed by atoms with Crippen molar-refractivity contribution in [2.24, 2.45) is 0 Å². The van der Waals surface area contributed by atoms with Crippen LogP contribution in [-0.4, -0.2) is 5.91 Å². The van der Waals surface area contributed by atoms with Crippen LogP contribution < -0.4 is 5.32 Å². The number of nitrogens with zero attached hydrogens (tertiary/aromatic N) is 1. The highest BCUT2D eigenvalue weighted by Crippen LogP contribution is 2.30. The summed E-state index contributed by atoms with van der Waals surface area (Å²) in [5.74, 6) is -0.126. The molecule has 0 unspecified atom stereocenters. The van der Waals surface area contributed by atoms with Crippen LogP contribution in [-0.2, 0) is 6.42 Å². The SMILES string of the molecule is N#Cc1cc(Cc2ccccc2)sc1NC(=O)c1cc2ccccc2o1. The van der Waals surface area contributed by atoms with Gasteiger partial charge in [0.15, 0.2) is 5.76 Å². The number of hydrogen-bond donors (Lipinski definition) is 1. The van der Waals surface area contributed by atoms with Crippen molar-refractivity contribution in [1.29, 1.82) is 5.26 Å². The Hall–Kier alpha value is -3.36. The largest absolute Gasteiger partial charge is 0.451 e. The molecule has 4 nitrogen and oxygen atoms in total. The second kappa shape index (κ2) is 6.87. The smallest absolute Gasteiger partial charge is 0.292 e. The third kappa shape index (κ3) is 3.23. The van der Waals surface area contributed by atoms with Crippen LogP contribution in [0.5, 0.6) is 0 Å². The fourth-order valence-electron chi connectivity index (χ4n) is 2.76. The van der Waals surface area contributed by atoms with E-state index >= 15 is 0 Å². The summed E-state index contributed by atoms with van der Waals surface area (Å²) in [6.07, 6.45) is 0.723. The number of nitriles is 1. The van der Waals surface area contributed by atoms with Gasteiger partial charge < -0.3 is 9.73 Å². The van der Waals surface area contributed by atoms with Crippen LogP contribution in [0.25, 0.3) is 11.0 Å². The van der Waals surface area contributed by atoms with Gasteiger partial charge in [0, 0.05) is 16.7 Å². The first-order chi connectivity index (χ1) is 12.7. The predicted molar refractivity (Wildman–Crippen MR) is 102 cm³/mol. The van der Waals surface area contributed by atoms with Gasteiger partial charge in [-0.1, -0.05) is 48.5 Å². The second-order valence-corrected chi connectivity index (χ2v) is 6.97. The lowest BCUT2D eigenvalue weighted by Crippen LogP contribution is -2.10. The van der Waals surface area contributed by atoms with E-state index in [1.54, 1.807) is 6.07 Å². The lowest BCUT2D eigenvalue weighted by Gasteiger charge is -2.00. The van der Waals surface area contributed by atoms with Gasteiger partial charge in [0.25, 0.3) is 5.91 Å². The van der Waals surface area contributed by atoms with Crippen LogP contribution in [0.2, 0.25) is 0 Å². The molecule has 0 bridgehead atoms. The highest BCUT2D eigenvalue weighted by atomic mass is 32.1. The molecule has 0 atom stereocenters. The summed E-state index contributed by atoms with van der Waals surface area (Å²) in [7, 11) is 0. The summed E-state index contributed by atoms with van der Waals surface area (Å²) < 4.78 is 5.59. The van der Waals surface area contributed by atoms with Crippen molar-refractivity contribution in [3.05, 3.63) is 88.5 Å². The van der Waals surface area contributed by atoms with Gasteiger partial charge in [-0.25, -0.2) is 0 Å². The monoisotopic (exact) mass is 358 g/mol. The average molecular weight is 358 g/mol. The molecular formula is C21H14N2O2S. The molecule has 2 aromatic heterocycles. The molecule has 0 saturated heterocycles. The number of furan rings is 1. The lowest BCUT2D eigenvalue weighted by atomic mass is 10.1. The topological polar surface area (TPSA) is 66.0 Å². The maximum atomic E-state index is 12.5. The number of para-hydroxylation sites is 1. The Morgan fingerprint density at radius 3 is 2.62 bits per heavy atom. The molecule has 2 aromatic carbocycles. The summed E-state index contributed by atoms with van der Waals surface area (Å²) in [5.41, 5.74) is 2.29. The van der Waals surface area contributed by atoms with Gasteiger partial charge in [-0.15, -0.1) is 11.3 Å². The molecule has 1 amide bonds. The standard InChI is InChI=1S/C21H14N2O2S/c22-13-16-11-17(10-14-6-2-1-3-7-14)26-21(16)23-20(24)19-12-15-8-4-5-9-18(15)25-19/h1-9,11-12H,10H2,(H,23,24). The van der Waals surface area contributed by atoms with Crippen LogP contribution in [0.3, 0.4) is 0 Å². The summed E-state index contributed by atoms with van der Waals surface area (Å²) in [6.45, 7) is 0. The highest BCUT2D eigenvalue weighted by Gasteiger charge is 2.16. The number of rotatable bonds is 4. The van der Waals surface area contributed by atoms with E-state index in [-0.39, 0.29) is 11.7 Å². The van der Waals surface area contributed by atoms with Crippen molar-refractivity contribution in [3.8, 4) is 6.07 Å². The Balaban J connectivity index is 1.57. The van der Waals surface area contributed by atoms with E-state index in [4.69, 9.17) is 4.42 Å². The van der Waals surface area contributed by atoms with Gasteiger partial charge in [-0.2, -0.15) is 5.26 Å². The molecule has 126 valence electrons. The third-order valence-electron chi connectivity index (χ3n) is 4.00. The molecular weight excluding hydrogens is 344 g/mol. The first-order valence-corrected chi connectivity index (χ1v) is 8.91. The number of thiophene rings is 1. The summed E-state index contributed by atoms with van der Waals surface area (Å²) in [4.78, 5) is 13.5. The third-order valence-corrected chi connectivity index (χ3v) is 5.05. The Morgan fingerprint density at radius 2 is 1.85 bits per heavy atom. The Morgan fingerprint density at radius 1 is 1.08 bits per heavy atom. The van der Waals surface area contributed by atoms with Crippen LogP contribution in [0.4, 0.5) is 5.00 Å². The van der Waals surface area contributed by atoms with Crippen LogP contribution in [0.15, 0.2) is 71.1 Å². The first-order valence-electron chi connectivity index (χ1n) is 8.09. The minimum Gasteiger partial charge on any atom is -0.451 e. The number of hydrogen-bond acceptors (Lipinski definition) is 4. The zero-order valence-electron chi connectivity index (χ0n) is 13.7. The maximum absolute atomic E-state index is 12.5. The lowest BCUT2D eigenvalue weighted by molar-refractivity contribution is 0.0999. The van der Waals surface area contributed by atoms with Gasteiger partial charge in [0.05, 0.1) is 5.56 Å². The molecule has 2 heterocycles. The number of nitrogens with one attached hydrogen (secondary N) is 1. The molecule has 5 heteroatoms. The van der Waals surface area contributed by atoms with Gasteiger partial charge in [-0.05, 0) is 23.8 Å². The molecule has 26 heavy (non-hydrogen) atoms. The molecule has 0 spiro atoms. The van der Waals surface area contributed by atoms with E-state index in [0.717, 1.165) is 22.2 Å². The van der Waals surface area contributed by atoms with Crippen LogP contribution in [0.1, 0.15) is 26.6 Å². The number of carbonyl (C=O) groups is 1. The Kier molecular flexibility index (Phi) is 4.26. The van der Waals surface area contributed by atoms with Crippen molar-refractivity contribution in [1.82, 2.24) is 0 Å². The van der Waals surface area contributed by atoms with Gasteiger partial charge in [-0.3, -0.25) is 4.79 Å². The molecule has 0 radical (unpaired) electrons. The van der Waals surface area contributed by atoms with Crippen molar-refractivity contribution in [2.75, 3.05) is 5.32 Å². The molecule has 0 aliphatic carbocycles. The number of benzene rings is 2. The van der Waals surface area contributed by atoms with Crippen molar-refractivity contribution < 1.29 is 9.21 Å². The quantitative estimate of drug-likeness (QED) is 0.544. The van der Waals surface area contributed by atoms with Crippen molar-refractivity contribution >= 4 is 33.2 Å². The molecule has 1 N–H and O–H groups in total. The predicted octanol–water partition coefficient (Wildman–Crippen LogP) is 5.21. The van der Waals surface area contributed by atoms with E-state index in [0.29, 0.717) is 16.1 Å². The van der Waals surface area contributed by atoms with E-state index in [2.05, 4.69) is 11.4 Å². The normalized spacial score (nSPS) is 10.6. The van der Waals surface area contributed by atoms with Crippen molar-refractivity contribution in [2.45, 2.75) is 6.42 Å². The van der Waals surface area contributed by atoms with Gasteiger partial charge in [0.1, 0.15) is 16.7 Å². The summed E-state index contributed by atoms with van der Waals surface area (Å²) in [6, 6.07) is 23.2. The fraction of sp³-hybridized carbons (Fsp3) is 0.0476. The van der Waals surface area contributed by atoms with Gasteiger partial charge >= 0.3 is 0 Å². The summed E-state index contributed by atoms with van der Waals surface area (Å²) >= 11 is 1.41. The number of amides is 1. The average Bonchev–Trinajstić information content (AvgIpc) is 3.26. The maximum Gasteiger partial charge on any atom is 0.292 e. The molecule has 4 rings (SSSR count). The first kappa shape index (κ1) is 16.1. The Bertz CT molecular complexity index is 1090. The zero-order chi connectivity index (χ0) is 17.9. The Labute approximate surface area is 154 Å². The van der Waals surface area contributed by atoms with E-state index < -0.39 is 0 Å². The number of anilines is 1. The van der Waals surface area contributed by atoms with Crippen LogP contribution >= 0.6 is 11.3 Å². The number of fused-ring (bicyclic) bond motifs is 1.